The van der Waals surface area contributed by atoms with Crippen molar-refractivity contribution in [2.45, 2.75) is 11.3 Å². The number of methoxy groups -OCH3 is 1. The van der Waals surface area contributed by atoms with Crippen molar-refractivity contribution >= 4 is 20.9 Å². The molecule has 30 heavy (non-hydrogen) atoms. The Morgan fingerprint density at radius 2 is 1.90 bits per heavy atom. The minimum Gasteiger partial charge on any atom is -0.497 e. The van der Waals surface area contributed by atoms with Crippen LogP contribution in [0.5, 0.6) is 5.75 Å². The summed E-state index contributed by atoms with van der Waals surface area (Å²) < 4.78 is 34.2. The number of benzene rings is 2. The molecule has 2 heterocycles. The summed E-state index contributed by atoms with van der Waals surface area (Å²) in [6.45, 7) is 0.389. The smallest absolute Gasteiger partial charge is 0.242 e. The Morgan fingerprint density at radius 3 is 2.57 bits per heavy atom. The monoisotopic (exact) mass is 424 g/mol. The minimum atomic E-state index is -3.56. The molecule has 0 radical (unpaired) electrons. The van der Waals surface area contributed by atoms with Gasteiger partial charge < -0.3 is 9.72 Å². The van der Waals surface area contributed by atoms with Gasteiger partial charge in [0.05, 0.1) is 18.2 Å². The molecule has 1 N–H and O–H groups in total. The number of nitrogens with one attached hydrogen (secondary N) is 1. The Balaban J connectivity index is 1.51. The van der Waals surface area contributed by atoms with Crippen LogP contribution in [0.1, 0.15) is 5.56 Å². The first-order valence-electron chi connectivity index (χ1n) is 9.58. The lowest BCUT2D eigenvalue weighted by molar-refractivity contribution is 0.415. The van der Waals surface area contributed by atoms with Gasteiger partial charge in [0.2, 0.25) is 10.0 Å². The highest BCUT2D eigenvalue weighted by Gasteiger charge is 2.20. The van der Waals surface area contributed by atoms with Crippen molar-refractivity contribution in [2.24, 2.45) is 7.05 Å². The van der Waals surface area contributed by atoms with Gasteiger partial charge in [-0.3, -0.25) is 4.68 Å². The van der Waals surface area contributed by atoms with E-state index in [2.05, 4.69) is 10.1 Å². The zero-order valence-electron chi connectivity index (χ0n) is 17.2. The van der Waals surface area contributed by atoms with E-state index in [4.69, 9.17) is 4.74 Å². The van der Waals surface area contributed by atoms with Gasteiger partial charge in [-0.1, -0.05) is 12.1 Å². The third-order valence-electron chi connectivity index (χ3n) is 5.18. The molecule has 156 valence electrons. The number of hydrogen-bond acceptors (Lipinski definition) is 4. The van der Waals surface area contributed by atoms with Crippen molar-refractivity contribution in [3.63, 3.8) is 0 Å². The van der Waals surface area contributed by atoms with Crippen molar-refractivity contribution < 1.29 is 13.2 Å². The van der Waals surface area contributed by atoms with Crippen LogP contribution in [0.3, 0.4) is 0 Å². The van der Waals surface area contributed by atoms with Crippen molar-refractivity contribution in [1.82, 2.24) is 19.1 Å². The molecule has 0 bridgehead atoms. The molecule has 8 heteroatoms. The van der Waals surface area contributed by atoms with Crippen LogP contribution in [0.4, 0.5) is 0 Å². The van der Waals surface area contributed by atoms with E-state index in [9.17, 15) is 8.42 Å². The zero-order chi connectivity index (χ0) is 21.3. The summed E-state index contributed by atoms with van der Waals surface area (Å²) in [4.78, 5) is 3.64. The van der Waals surface area contributed by atoms with Crippen LogP contribution in [-0.2, 0) is 23.5 Å². The molecule has 4 aromatic rings. The summed E-state index contributed by atoms with van der Waals surface area (Å²) in [6.07, 6.45) is 4.26. The molecule has 7 nitrogen and oxygen atoms in total. The topological polar surface area (TPSA) is 80.2 Å². The SMILES string of the molecule is COc1ccc2[nH]c(-c3ccc(S(=O)(=O)N(C)CCc4cnn(C)c4)cc3)cc2c1. The molecule has 0 unspecified atom stereocenters. The quantitative estimate of drug-likeness (QED) is 0.493. The number of aromatic amines is 1. The number of ether oxygens (including phenoxy) is 1. The van der Waals surface area contributed by atoms with Gasteiger partial charge in [-0.25, -0.2) is 12.7 Å². The highest BCUT2D eigenvalue weighted by Crippen LogP contribution is 2.28. The van der Waals surface area contributed by atoms with Crippen LogP contribution in [-0.4, -0.2) is 48.2 Å². The maximum absolute atomic E-state index is 12.9. The van der Waals surface area contributed by atoms with Crippen LogP contribution in [0.25, 0.3) is 22.2 Å². The second-order valence-electron chi connectivity index (χ2n) is 7.26. The standard InChI is InChI=1S/C22H24N4O3S/c1-25-15-16(14-23-25)10-11-26(2)30(27,28)20-7-4-17(5-8-20)22-13-18-12-19(29-3)6-9-21(18)24-22/h4-9,12-15,24H,10-11H2,1-3H3. The van der Waals surface area contributed by atoms with E-state index >= 15 is 0 Å². The summed E-state index contributed by atoms with van der Waals surface area (Å²) in [5, 5.41) is 5.16. The second kappa shape index (κ2) is 7.97. The number of aryl methyl sites for hydroxylation is 1. The molecule has 0 atom stereocenters. The van der Waals surface area contributed by atoms with E-state index in [0.717, 1.165) is 33.5 Å². The fraction of sp³-hybridized carbons (Fsp3) is 0.227. The first kappa shape index (κ1) is 20.2. The Hall–Kier alpha value is -3.10. The summed E-state index contributed by atoms with van der Waals surface area (Å²) in [7, 11) is 1.53. The summed E-state index contributed by atoms with van der Waals surface area (Å²) in [5.74, 6) is 0.795. The largest absolute Gasteiger partial charge is 0.497 e. The predicted molar refractivity (Wildman–Crippen MR) is 117 cm³/mol. The van der Waals surface area contributed by atoms with Crippen LogP contribution in [0.2, 0.25) is 0 Å². The Morgan fingerprint density at radius 1 is 1.13 bits per heavy atom. The van der Waals surface area contributed by atoms with Gasteiger partial charge in [0, 0.05) is 43.4 Å². The van der Waals surface area contributed by atoms with Crippen LogP contribution < -0.4 is 4.74 Å². The average molecular weight is 425 g/mol. The number of hydrogen-bond donors (Lipinski definition) is 1. The fourth-order valence-electron chi connectivity index (χ4n) is 3.39. The van der Waals surface area contributed by atoms with Crippen LogP contribution in [0, 0.1) is 0 Å². The van der Waals surface area contributed by atoms with Gasteiger partial charge in [0.15, 0.2) is 0 Å². The van der Waals surface area contributed by atoms with Crippen molar-refractivity contribution in [1.29, 1.82) is 0 Å². The minimum absolute atomic E-state index is 0.276. The van der Waals surface area contributed by atoms with Gasteiger partial charge >= 0.3 is 0 Å². The maximum Gasteiger partial charge on any atom is 0.242 e. The van der Waals surface area contributed by atoms with E-state index in [1.54, 1.807) is 37.2 Å². The number of rotatable bonds is 7. The molecular formula is C22H24N4O3S. The molecule has 0 aliphatic rings. The van der Waals surface area contributed by atoms with E-state index in [-0.39, 0.29) is 4.90 Å². The van der Waals surface area contributed by atoms with E-state index < -0.39 is 10.0 Å². The van der Waals surface area contributed by atoms with E-state index in [1.165, 1.54) is 4.31 Å². The Labute approximate surface area is 176 Å². The number of aromatic nitrogens is 3. The highest BCUT2D eigenvalue weighted by molar-refractivity contribution is 7.89. The summed E-state index contributed by atoms with van der Waals surface area (Å²) in [5.41, 5.74) is 3.84. The van der Waals surface area contributed by atoms with E-state index in [0.29, 0.717) is 13.0 Å². The lowest BCUT2D eigenvalue weighted by Gasteiger charge is -2.17. The number of nitrogens with zero attached hydrogens (tertiary/aromatic N) is 3. The third kappa shape index (κ3) is 3.96. The van der Waals surface area contributed by atoms with Crippen LogP contribution >= 0.6 is 0 Å². The van der Waals surface area contributed by atoms with Gasteiger partial charge in [-0.05, 0) is 53.9 Å². The summed E-state index contributed by atoms with van der Waals surface area (Å²) in [6, 6.07) is 14.8. The molecule has 0 spiro atoms. The first-order chi connectivity index (χ1) is 14.4. The molecule has 0 fully saturated rings. The molecular weight excluding hydrogens is 400 g/mol. The molecule has 0 aliphatic heterocycles. The molecule has 0 aliphatic carbocycles. The van der Waals surface area contributed by atoms with Gasteiger partial charge in [0.25, 0.3) is 0 Å². The van der Waals surface area contributed by atoms with Gasteiger partial charge in [0.1, 0.15) is 5.75 Å². The third-order valence-corrected chi connectivity index (χ3v) is 7.05. The van der Waals surface area contributed by atoms with Crippen molar-refractivity contribution in [3.8, 4) is 17.0 Å². The molecule has 0 saturated carbocycles. The maximum atomic E-state index is 12.9. The fourth-order valence-corrected chi connectivity index (χ4v) is 4.56. The molecule has 0 amide bonds. The Kier molecular flexibility index (Phi) is 5.36. The number of fused-ring (bicyclic) bond motifs is 1. The molecule has 4 rings (SSSR count). The Bertz CT molecular complexity index is 1270. The van der Waals surface area contributed by atoms with E-state index in [1.807, 2.05) is 49.6 Å². The number of likely N-dealkylation sites (N-methyl/N-ethyl adjacent to an activating group) is 1. The van der Waals surface area contributed by atoms with Gasteiger partial charge in [-0.15, -0.1) is 0 Å². The van der Waals surface area contributed by atoms with Gasteiger partial charge in [-0.2, -0.15) is 5.10 Å². The molecule has 2 aromatic heterocycles. The highest BCUT2D eigenvalue weighted by atomic mass is 32.2. The normalized spacial score (nSPS) is 12.0. The zero-order valence-corrected chi connectivity index (χ0v) is 18.0. The lowest BCUT2D eigenvalue weighted by atomic mass is 10.1. The average Bonchev–Trinajstić information content (AvgIpc) is 3.37. The van der Waals surface area contributed by atoms with Crippen molar-refractivity contribution in [3.05, 3.63) is 66.5 Å². The number of sulfonamides is 1. The second-order valence-corrected chi connectivity index (χ2v) is 9.30. The summed E-state index contributed by atoms with van der Waals surface area (Å²) >= 11 is 0. The molecule has 2 aromatic carbocycles. The first-order valence-corrected chi connectivity index (χ1v) is 11.0. The van der Waals surface area contributed by atoms with Crippen LogP contribution in [0.15, 0.2) is 65.8 Å². The molecule has 0 saturated heterocycles. The predicted octanol–water partition coefficient (Wildman–Crippen LogP) is 3.44. The lowest BCUT2D eigenvalue weighted by Crippen LogP contribution is -2.29. The number of H-pyrrole nitrogens is 1. The van der Waals surface area contributed by atoms with Crippen molar-refractivity contribution in [2.75, 3.05) is 20.7 Å².